The maximum absolute atomic E-state index is 12.5. The second kappa shape index (κ2) is 5.39. The Balaban J connectivity index is 2.06. The summed E-state index contributed by atoms with van der Waals surface area (Å²) >= 11 is 0. The van der Waals surface area contributed by atoms with Crippen molar-refractivity contribution in [3.05, 3.63) is 0 Å². The molecule has 102 valence electrons. The Kier molecular flexibility index (Phi) is 4.05. The zero-order valence-corrected chi connectivity index (χ0v) is 11.3. The summed E-state index contributed by atoms with van der Waals surface area (Å²) in [6, 6.07) is 0. The molecule has 0 aliphatic carbocycles. The molecule has 2 saturated heterocycles. The van der Waals surface area contributed by atoms with Gasteiger partial charge in [-0.3, -0.25) is 9.59 Å². The van der Waals surface area contributed by atoms with Gasteiger partial charge in [-0.2, -0.15) is 0 Å². The summed E-state index contributed by atoms with van der Waals surface area (Å²) in [5.41, 5.74) is 0. The largest absolute Gasteiger partial charge is 0.465 e. The first-order valence-corrected chi connectivity index (χ1v) is 6.90. The van der Waals surface area contributed by atoms with E-state index in [1.54, 1.807) is 6.92 Å². The Labute approximate surface area is 108 Å². The van der Waals surface area contributed by atoms with Crippen LogP contribution in [0.4, 0.5) is 0 Å². The molecular formula is C14H22O4. The fourth-order valence-corrected chi connectivity index (χ4v) is 3.12. The van der Waals surface area contributed by atoms with Crippen molar-refractivity contribution >= 4 is 11.8 Å². The number of fused-ring (bicyclic) bond motifs is 2. The number of hydrogen-bond donors (Lipinski definition) is 0. The van der Waals surface area contributed by atoms with Gasteiger partial charge in [-0.15, -0.1) is 0 Å². The third-order valence-corrected chi connectivity index (χ3v) is 3.99. The topological polar surface area (TPSA) is 52.6 Å². The van der Waals surface area contributed by atoms with Crippen LogP contribution in [0.3, 0.4) is 0 Å². The summed E-state index contributed by atoms with van der Waals surface area (Å²) in [7, 11) is 0. The lowest BCUT2D eigenvalue weighted by Gasteiger charge is -2.24. The number of Topliss-reactive ketones (excluding diaryl/α,β-unsaturated/α-hetero) is 1. The molecule has 4 atom stereocenters. The molecule has 0 aromatic carbocycles. The second-order valence-electron chi connectivity index (χ2n) is 5.59. The number of rotatable bonds is 5. The third kappa shape index (κ3) is 2.44. The van der Waals surface area contributed by atoms with Crippen LogP contribution in [-0.4, -0.2) is 30.6 Å². The van der Waals surface area contributed by atoms with Crippen molar-refractivity contribution in [3.63, 3.8) is 0 Å². The van der Waals surface area contributed by atoms with Gasteiger partial charge in [0.25, 0.3) is 0 Å². The highest BCUT2D eigenvalue weighted by atomic mass is 16.5. The minimum Gasteiger partial charge on any atom is -0.465 e. The molecule has 0 spiro atoms. The van der Waals surface area contributed by atoms with Crippen molar-refractivity contribution < 1.29 is 19.1 Å². The van der Waals surface area contributed by atoms with E-state index in [2.05, 4.69) is 0 Å². The van der Waals surface area contributed by atoms with Crippen LogP contribution < -0.4 is 0 Å². The van der Waals surface area contributed by atoms with E-state index in [9.17, 15) is 9.59 Å². The first-order valence-electron chi connectivity index (χ1n) is 6.90. The average molecular weight is 254 g/mol. The molecule has 4 nitrogen and oxygen atoms in total. The van der Waals surface area contributed by atoms with Gasteiger partial charge < -0.3 is 9.47 Å². The number of carbonyl (C=O) groups is 2. The van der Waals surface area contributed by atoms with Crippen molar-refractivity contribution in [1.82, 2.24) is 0 Å². The summed E-state index contributed by atoms with van der Waals surface area (Å²) in [6.45, 7) is 5.88. The summed E-state index contributed by atoms with van der Waals surface area (Å²) in [5, 5.41) is 0. The van der Waals surface area contributed by atoms with Crippen molar-refractivity contribution in [3.8, 4) is 0 Å². The SMILES string of the molecule is CCOC(=O)C(C(=O)C1CC2CCC1O2)C(C)C. The van der Waals surface area contributed by atoms with Gasteiger partial charge in [0.05, 0.1) is 18.8 Å². The molecule has 4 unspecified atom stereocenters. The van der Waals surface area contributed by atoms with Gasteiger partial charge in [-0.1, -0.05) is 13.8 Å². The molecule has 0 N–H and O–H groups in total. The highest BCUT2D eigenvalue weighted by molar-refractivity contribution is 6.00. The fraction of sp³-hybridized carbons (Fsp3) is 0.857. The van der Waals surface area contributed by atoms with Gasteiger partial charge in [0.2, 0.25) is 0 Å². The Morgan fingerprint density at radius 2 is 2.06 bits per heavy atom. The number of ketones is 1. The molecule has 2 rings (SSSR count). The zero-order chi connectivity index (χ0) is 13.3. The summed E-state index contributed by atoms with van der Waals surface area (Å²) in [6.07, 6.45) is 3.07. The highest BCUT2D eigenvalue weighted by Crippen LogP contribution is 2.41. The van der Waals surface area contributed by atoms with Crippen LogP contribution >= 0.6 is 0 Å². The first kappa shape index (κ1) is 13.5. The van der Waals surface area contributed by atoms with E-state index in [1.165, 1.54) is 0 Å². The van der Waals surface area contributed by atoms with Gasteiger partial charge in [-0.05, 0) is 32.1 Å². The molecule has 18 heavy (non-hydrogen) atoms. The van der Waals surface area contributed by atoms with E-state index in [4.69, 9.17) is 9.47 Å². The van der Waals surface area contributed by atoms with E-state index >= 15 is 0 Å². The van der Waals surface area contributed by atoms with Crippen LogP contribution in [0.5, 0.6) is 0 Å². The van der Waals surface area contributed by atoms with E-state index < -0.39 is 5.92 Å². The number of ether oxygens (including phenoxy) is 2. The lowest BCUT2D eigenvalue weighted by molar-refractivity contribution is -0.155. The van der Waals surface area contributed by atoms with Gasteiger partial charge in [-0.25, -0.2) is 0 Å². The van der Waals surface area contributed by atoms with Crippen LogP contribution in [0.15, 0.2) is 0 Å². The third-order valence-electron chi connectivity index (χ3n) is 3.99. The van der Waals surface area contributed by atoms with Crippen LogP contribution in [0.25, 0.3) is 0 Å². The molecule has 2 aliphatic heterocycles. The van der Waals surface area contributed by atoms with Crippen molar-refractivity contribution in [1.29, 1.82) is 0 Å². The monoisotopic (exact) mass is 254 g/mol. The summed E-state index contributed by atoms with van der Waals surface area (Å²) in [4.78, 5) is 24.4. The molecule has 0 amide bonds. The average Bonchev–Trinajstić information content (AvgIpc) is 2.90. The van der Waals surface area contributed by atoms with Crippen LogP contribution in [0.2, 0.25) is 0 Å². The Bertz CT molecular complexity index is 337. The number of carbonyl (C=O) groups excluding carboxylic acids is 2. The van der Waals surface area contributed by atoms with E-state index in [0.29, 0.717) is 6.61 Å². The van der Waals surface area contributed by atoms with E-state index in [1.807, 2.05) is 13.8 Å². The maximum atomic E-state index is 12.5. The smallest absolute Gasteiger partial charge is 0.316 e. The predicted molar refractivity (Wildman–Crippen MR) is 66.0 cm³/mol. The molecule has 2 aliphatic rings. The summed E-state index contributed by atoms with van der Waals surface area (Å²) in [5.74, 6) is -1.09. The van der Waals surface area contributed by atoms with Crippen molar-refractivity contribution in [2.24, 2.45) is 17.8 Å². The minimum absolute atomic E-state index is 0.0179. The number of hydrogen-bond acceptors (Lipinski definition) is 4. The maximum Gasteiger partial charge on any atom is 0.316 e. The van der Waals surface area contributed by atoms with Gasteiger partial charge in [0, 0.05) is 5.92 Å². The zero-order valence-electron chi connectivity index (χ0n) is 11.3. The van der Waals surface area contributed by atoms with Gasteiger partial charge in [0.1, 0.15) is 5.92 Å². The molecule has 0 aromatic heterocycles. The molecule has 0 saturated carbocycles. The van der Waals surface area contributed by atoms with Crippen molar-refractivity contribution in [2.75, 3.05) is 6.61 Å². The molecule has 2 bridgehead atoms. The molecule has 0 aromatic rings. The van der Waals surface area contributed by atoms with Gasteiger partial charge in [0.15, 0.2) is 5.78 Å². The Morgan fingerprint density at radius 3 is 2.50 bits per heavy atom. The predicted octanol–water partition coefficient (Wildman–Crippen LogP) is 1.96. The first-order chi connectivity index (χ1) is 8.54. The number of esters is 1. The highest BCUT2D eigenvalue weighted by Gasteiger charge is 2.48. The Hall–Kier alpha value is -0.900. The van der Waals surface area contributed by atoms with E-state index in [0.717, 1.165) is 19.3 Å². The summed E-state index contributed by atoms with van der Waals surface area (Å²) < 4.78 is 10.7. The lowest BCUT2D eigenvalue weighted by Crippen LogP contribution is -2.38. The normalized spacial score (nSPS) is 31.7. The van der Waals surface area contributed by atoms with Crippen LogP contribution in [0, 0.1) is 17.8 Å². The molecule has 2 heterocycles. The quantitative estimate of drug-likeness (QED) is 0.556. The molecular weight excluding hydrogens is 232 g/mol. The lowest BCUT2D eigenvalue weighted by atomic mass is 9.78. The van der Waals surface area contributed by atoms with Crippen molar-refractivity contribution in [2.45, 2.75) is 52.2 Å². The van der Waals surface area contributed by atoms with Crippen LogP contribution in [0.1, 0.15) is 40.0 Å². The second-order valence-corrected chi connectivity index (χ2v) is 5.59. The minimum atomic E-state index is -0.627. The molecule has 0 radical (unpaired) electrons. The molecule has 4 heteroatoms. The van der Waals surface area contributed by atoms with Crippen LogP contribution in [-0.2, 0) is 19.1 Å². The Morgan fingerprint density at radius 1 is 1.33 bits per heavy atom. The van der Waals surface area contributed by atoms with Gasteiger partial charge >= 0.3 is 5.97 Å². The fourth-order valence-electron chi connectivity index (χ4n) is 3.12. The standard InChI is InChI=1S/C14H22O4/c1-4-17-14(16)12(8(2)3)13(15)10-7-9-5-6-11(10)18-9/h8-12H,4-7H2,1-3H3. The van der Waals surface area contributed by atoms with E-state index in [-0.39, 0.29) is 35.8 Å². The molecule has 2 fully saturated rings.